The lowest BCUT2D eigenvalue weighted by Gasteiger charge is -2.32. The van der Waals surface area contributed by atoms with E-state index in [4.69, 9.17) is 4.74 Å². The molecular weight excluding hydrogens is 336 g/mol. The minimum absolute atomic E-state index is 0. The van der Waals surface area contributed by atoms with E-state index >= 15 is 0 Å². The topological polar surface area (TPSA) is 41.6 Å². The molecule has 1 heterocycles. The molecule has 0 spiro atoms. The maximum atomic E-state index is 12.3. The molecule has 1 saturated heterocycles. The summed E-state index contributed by atoms with van der Waals surface area (Å²) in [4.78, 5) is 14.3. The summed E-state index contributed by atoms with van der Waals surface area (Å²) >= 11 is 0. The van der Waals surface area contributed by atoms with Gasteiger partial charge in [0.25, 0.3) is 0 Å². The second-order valence-electron chi connectivity index (χ2n) is 6.79. The van der Waals surface area contributed by atoms with Gasteiger partial charge in [0.1, 0.15) is 5.75 Å². The normalized spacial score (nSPS) is 14.9. The zero-order valence-corrected chi connectivity index (χ0v) is 16.4. The molecule has 0 bridgehead atoms. The van der Waals surface area contributed by atoms with Gasteiger partial charge < -0.3 is 15.0 Å². The lowest BCUT2D eigenvalue weighted by Crippen LogP contribution is -2.40. The van der Waals surface area contributed by atoms with Gasteiger partial charge in [0.15, 0.2) is 0 Å². The van der Waals surface area contributed by atoms with Crippen molar-refractivity contribution in [1.82, 2.24) is 10.2 Å². The molecule has 0 atom stereocenters. The van der Waals surface area contributed by atoms with Crippen LogP contribution in [0.1, 0.15) is 44.1 Å². The summed E-state index contributed by atoms with van der Waals surface area (Å²) in [5, 5.41) is 3.24. The third kappa shape index (κ3) is 7.66. The van der Waals surface area contributed by atoms with Gasteiger partial charge in [0, 0.05) is 19.5 Å². The Hall–Kier alpha value is -1.26. The molecule has 0 radical (unpaired) electrons. The number of unbranched alkanes of at least 4 members (excludes halogenated alkanes) is 2. The SMILES string of the molecule is CNCC1CCN(C(=O)CCCCCc2ccc(OC)cc2)CC1.Cl. The Kier molecular flexibility index (Phi) is 10.6. The van der Waals surface area contributed by atoms with Crippen molar-refractivity contribution in [2.75, 3.05) is 33.8 Å². The quantitative estimate of drug-likeness (QED) is 0.676. The van der Waals surface area contributed by atoms with Crippen LogP contribution in [-0.2, 0) is 11.2 Å². The zero-order valence-electron chi connectivity index (χ0n) is 15.6. The van der Waals surface area contributed by atoms with Gasteiger partial charge >= 0.3 is 0 Å². The number of likely N-dealkylation sites (tertiary alicyclic amines) is 1. The molecular formula is C20H33ClN2O2. The highest BCUT2D eigenvalue weighted by atomic mass is 35.5. The monoisotopic (exact) mass is 368 g/mol. The van der Waals surface area contributed by atoms with Crippen LogP contribution in [-0.4, -0.2) is 44.6 Å². The summed E-state index contributed by atoms with van der Waals surface area (Å²) in [6.45, 7) is 2.96. The highest BCUT2D eigenvalue weighted by molar-refractivity contribution is 5.85. The number of amides is 1. The number of carbonyl (C=O) groups excluding carboxylic acids is 1. The third-order valence-electron chi connectivity index (χ3n) is 4.98. The second-order valence-corrected chi connectivity index (χ2v) is 6.79. The van der Waals surface area contributed by atoms with Gasteiger partial charge in [-0.1, -0.05) is 18.6 Å². The second kappa shape index (κ2) is 12.2. The first kappa shape index (κ1) is 21.8. The Bertz CT molecular complexity index is 485. The van der Waals surface area contributed by atoms with Crippen LogP contribution >= 0.6 is 12.4 Å². The number of hydrogen-bond acceptors (Lipinski definition) is 3. The van der Waals surface area contributed by atoms with Crippen molar-refractivity contribution in [3.05, 3.63) is 29.8 Å². The summed E-state index contributed by atoms with van der Waals surface area (Å²) < 4.78 is 5.17. The van der Waals surface area contributed by atoms with Crippen LogP contribution in [0.2, 0.25) is 0 Å². The van der Waals surface area contributed by atoms with Crippen LogP contribution in [0.25, 0.3) is 0 Å². The molecule has 0 unspecified atom stereocenters. The number of carbonyl (C=O) groups is 1. The first-order chi connectivity index (χ1) is 11.7. The van der Waals surface area contributed by atoms with E-state index in [1.165, 1.54) is 5.56 Å². The first-order valence-corrected chi connectivity index (χ1v) is 9.28. The van der Waals surface area contributed by atoms with Crippen molar-refractivity contribution in [2.24, 2.45) is 5.92 Å². The van der Waals surface area contributed by atoms with E-state index in [-0.39, 0.29) is 12.4 Å². The highest BCUT2D eigenvalue weighted by Gasteiger charge is 2.21. The largest absolute Gasteiger partial charge is 0.497 e. The highest BCUT2D eigenvalue weighted by Crippen LogP contribution is 2.18. The van der Waals surface area contributed by atoms with Gasteiger partial charge in [-0.2, -0.15) is 0 Å². The Morgan fingerprint density at radius 3 is 2.44 bits per heavy atom. The molecule has 0 aromatic heterocycles. The number of hydrogen-bond donors (Lipinski definition) is 1. The Labute approximate surface area is 158 Å². The molecule has 142 valence electrons. The molecule has 1 N–H and O–H groups in total. The summed E-state index contributed by atoms with van der Waals surface area (Å²) in [5.41, 5.74) is 1.34. The molecule has 1 aromatic rings. The third-order valence-corrected chi connectivity index (χ3v) is 4.98. The van der Waals surface area contributed by atoms with Gasteiger partial charge in [0.05, 0.1) is 7.11 Å². The fourth-order valence-corrected chi connectivity index (χ4v) is 3.41. The molecule has 1 aliphatic rings. The van der Waals surface area contributed by atoms with E-state index < -0.39 is 0 Å². The molecule has 4 nitrogen and oxygen atoms in total. The van der Waals surface area contributed by atoms with Crippen molar-refractivity contribution >= 4 is 18.3 Å². The van der Waals surface area contributed by atoms with Crippen LogP contribution in [0.5, 0.6) is 5.75 Å². The van der Waals surface area contributed by atoms with E-state index in [1.54, 1.807) is 7.11 Å². The van der Waals surface area contributed by atoms with Crippen molar-refractivity contribution in [2.45, 2.75) is 44.9 Å². The summed E-state index contributed by atoms with van der Waals surface area (Å²) in [6.07, 6.45) is 7.34. The Morgan fingerprint density at radius 2 is 1.84 bits per heavy atom. The molecule has 5 heteroatoms. The van der Waals surface area contributed by atoms with Gasteiger partial charge in [-0.15, -0.1) is 12.4 Å². The van der Waals surface area contributed by atoms with Crippen LogP contribution < -0.4 is 10.1 Å². The maximum Gasteiger partial charge on any atom is 0.222 e. The number of piperidine rings is 1. The fraction of sp³-hybridized carbons (Fsp3) is 0.650. The number of rotatable bonds is 9. The molecule has 1 amide bonds. The van der Waals surface area contributed by atoms with Crippen LogP contribution in [0.3, 0.4) is 0 Å². The van der Waals surface area contributed by atoms with E-state index in [1.807, 2.05) is 19.2 Å². The smallest absolute Gasteiger partial charge is 0.222 e. The summed E-state index contributed by atoms with van der Waals surface area (Å²) in [7, 11) is 3.69. The van der Waals surface area contributed by atoms with E-state index in [0.29, 0.717) is 12.3 Å². The van der Waals surface area contributed by atoms with Gasteiger partial charge in [0.2, 0.25) is 5.91 Å². The average Bonchev–Trinajstić information content (AvgIpc) is 2.62. The van der Waals surface area contributed by atoms with Crippen LogP contribution in [0, 0.1) is 5.92 Å². The standard InChI is InChI=1S/C20H32N2O2.ClH/c1-21-16-18-12-14-22(15-13-18)20(23)7-5-3-4-6-17-8-10-19(24-2)11-9-17;/h8-11,18,21H,3-7,12-16H2,1-2H3;1H. The number of ether oxygens (including phenoxy) is 1. The number of methoxy groups -OCH3 is 1. The fourth-order valence-electron chi connectivity index (χ4n) is 3.41. The van der Waals surface area contributed by atoms with Crippen molar-refractivity contribution < 1.29 is 9.53 Å². The van der Waals surface area contributed by atoms with Gasteiger partial charge in [-0.25, -0.2) is 0 Å². The van der Waals surface area contributed by atoms with Gasteiger partial charge in [-0.3, -0.25) is 4.79 Å². The van der Waals surface area contributed by atoms with Gasteiger partial charge in [-0.05, 0) is 69.3 Å². The van der Waals surface area contributed by atoms with Crippen LogP contribution in [0.15, 0.2) is 24.3 Å². The van der Waals surface area contributed by atoms with E-state index in [0.717, 1.165) is 69.8 Å². The maximum absolute atomic E-state index is 12.3. The summed E-state index contributed by atoms with van der Waals surface area (Å²) in [5.74, 6) is 1.99. The molecule has 2 rings (SSSR count). The minimum atomic E-state index is 0. The molecule has 0 saturated carbocycles. The lowest BCUT2D eigenvalue weighted by atomic mass is 9.96. The minimum Gasteiger partial charge on any atom is -0.497 e. The number of benzene rings is 1. The molecule has 0 aliphatic carbocycles. The summed E-state index contributed by atoms with van der Waals surface area (Å²) in [6, 6.07) is 8.27. The first-order valence-electron chi connectivity index (χ1n) is 9.28. The van der Waals surface area contributed by atoms with E-state index in [9.17, 15) is 4.79 Å². The average molecular weight is 369 g/mol. The molecule has 1 fully saturated rings. The Morgan fingerprint density at radius 1 is 1.16 bits per heavy atom. The van der Waals surface area contributed by atoms with Crippen molar-refractivity contribution in [3.63, 3.8) is 0 Å². The predicted molar refractivity (Wildman–Crippen MR) is 106 cm³/mol. The molecule has 25 heavy (non-hydrogen) atoms. The number of nitrogens with one attached hydrogen (secondary N) is 1. The number of halogens is 1. The lowest BCUT2D eigenvalue weighted by molar-refractivity contribution is -0.132. The van der Waals surface area contributed by atoms with E-state index in [2.05, 4.69) is 22.3 Å². The zero-order chi connectivity index (χ0) is 17.2. The predicted octanol–water partition coefficient (Wildman–Crippen LogP) is 3.68. The Balaban J connectivity index is 0.00000312. The molecule has 1 aromatic carbocycles. The number of aryl methyl sites for hydroxylation is 1. The number of nitrogens with zero attached hydrogens (tertiary/aromatic N) is 1. The molecule has 1 aliphatic heterocycles. The van der Waals surface area contributed by atoms with Crippen LogP contribution in [0.4, 0.5) is 0 Å². The van der Waals surface area contributed by atoms with Crippen molar-refractivity contribution in [1.29, 1.82) is 0 Å². The van der Waals surface area contributed by atoms with Crippen molar-refractivity contribution in [3.8, 4) is 5.75 Å².